The first-order valence-electron chi connectivity index (χ1n) is 5.72. The summed E-state index contributed by atoms with van der Waals surface area (Å²) in [5.41, 5.74) is 4.41. The summed E-state index contributed by atoms with van der Waals surface area (Å²) in [6, 6.07) is 5.27. The lowest BCUT2D eigenvalue weighted by molar-refractivity contribution is 0.238. The van der Waals surface area contributed by atoms with Gasteiger partial charge in [-0.05, 0) is 12.1 Å². The van der Waals surface area contributed by atoms with Gasteiger partial charge in [-0.15, -0.1) is 12.0 Å². The van der Waals surface area contributed by atoms with Crippen molar-refractivity contribution in [3.05, 3.63) is 29.3 Å². The molecule has 0 spiro atoms. The maximum absolute atomic E-state index is 10.1. The molecule has 94 valence electrons. The molecule has 3 heteroatoms. The molecule has 0 heterocycles. The highest BCUT2D eigenvalue weighted by molar-refractivity contribution is 6.83. The van der Waals surface area contributed by atoms with E-state index in [-0.39, 0.29) is 0 Å². The fraction of sp³-hybridized carbons (Fsp3) is 0.333. The maximum Gasteiger partial charge on any atom is 0.140 e. The minimum absolute atomic E-state index is 0.617. The Hall–Kier alpha value is -1.68. The van der Waals surface area contributed by atoms with Crippen LogP contribution in [0.2, 0.25) is 19.6 Å². The molecule has 0 fully saturated rings. The van der Waals surface area contributed by atoms with Crippen LogP contribution in [0.5, 0.6) is 5.75 Å². The smallest absolute Gasteiger partial charge is 0.140 e. The first kappa shape index (κ1) is 14.4. The molecule has 1 aromatic rings. The number of rotatable bonds is 2. The Morgan fingerprint density at radius 3 is 2.50 bits per heavy atom. The minimum Gasteiger partial charge on any atom is -0.497 e. The van der Waals surface area contributed by atoms with Crippen molar-refractivity contribution in [1.82, 2.24) is 0 Å². The highest BCUT2D eigenvalue weighted by Crippen LogP contribution is 2.22. The van der Waals surface area contributed by atoms with Gasteiger partial charge in [0, 0.05) is 11.1 Å². The number of methoxy groups -OCH3 is 1. The van der Waals surface area contributed by atoms with E-state index in [0.29, 0.717) is 16.9 Å². The van der Waals surface area contributed by atoms with Crippen LogP contribution in [-0.4, -0.2) is 20.3 Å². The molecule has 0 aliphatic rings. The standard InChI is InChI=1S/C15H18O2Si/c1-6-12-11-13(17-2)7-8-14(12)15(16)9-10-18(3,4)5/h1,7-8,11,15-16H,2-5H3. The summed E-state index contributed by atoms with van der Waals surface area (Å²) in [6.45, 7) is 6.38. The summed E-state index contributed by atoms with van der Waals surface area (Å²) in [5, 5.41) is 10.1. The lowest BCUT2D eigenvalue weighted by Gasteiger charge is -2.10. The zero-order valence-corrected chi connectivity index (χ0v) is 12.2. The molecule has 1 unspecified atom stereocenters. The van der Waals surface area contributed by atoms with Crippen molar-refractivity contribution in [2.75, 3.05) is 7.11 Å². The Kier molecular flexibility index (Phi) is 4.61. The van der Waals surface area contributed by atoms with Crippen molar-refractivity contribution in [3.8, 4) is 29.6 Å². The molecule has 1 N–H and O–H groups in total. The molecule has 0 saturated carbocycles. The van der Waals surface area contributed by atoms with E-state index in [4.69, 9.17) is 11.2 Å². The van der Waals surface area contributed by atoms with Crippen molar-refractivity contribution in [2.24, 2.45) is 0 Å². The van der Waals surface area contributed by atoms with E-state index in [0.717, 1.165) is 0 Å². The normalized spacial score (nSPS) is 12.0. The summed E-state index contributed by atoms with van der Waals surface area (Å²) in [5.74, 6) is 6.11. The van der Waals surface area contributed by atoms with Gasteiger partial charge in [0.25, 0.3) is 0 Å². The van der Waals surface area contributed by atoms with E-state index in [2.05, 4.69) is 37.0 Å². The van der Waals surface area contributed by atoms with E-state index in [1.807, 2.05) is 0 Å². The number of aliphatic hydroxyl groups is 1. The quantitative estimate of drug-likeness (QED) is 0.652. The van der Waals surface area contributed by atoms with Crippen molar-refractivity contribution in [1.29, 1.82) is 0 Å². The lowest BCUT2D eigenvalue weighted by Crippen LogP contribution is -2.17. The summed E-state index contributed by atoms with van der Waals surface area (Å²) in [6.07, 6.45) is 4.60. The van der Waals surface area contributed by atoms with Crippen LogP contribution >= 0.6 is 0 Å². The molecule has 0 saturated heterocycles. The van der Waals surface area contributed by atoms with Crippen LogP contribution < -0.4 is 4.74 Å². The first-order chi connectivity index (χ1) is 8.37. The second-order valence-electron chi connectivity index (χ2n) is 5.02. The molecule has 0 aromatic heterocycles. The third-order valence-electron chi connectivity index (χ3n) is 2.29. The van der Waals surface area contributed by atoms with Crippen molar-refractivity contribution >= 4 is 8.07 Å². The van der Waals surface area contributed by atoms with Gasteiger partial charge in [0.15, 0.2) is 0 Å². The number of terminal acetylenes is 1. The summed E-state index contributed by atoms with van der Waals surface area (Å²) < 4.78 is 5.10. The van der Waals surface area contributed by atoms with Crippen molar-refractivity contribution in [2.45, 2.75) is 25.7 Å². The Bertz CT molecular complexity index is 524. The summed E-state index contributed by atoms with van der Waals surface area (Å²) in [4.78, 5) is 0. The van der Waals surface area contributed by atoms with E-state index >= 15 is 0 Å². The molecule has 2 nitrogen and oxygen atoms in total. The highest BCUT2D eigenvalue weighted by Gasteiger charge is 2.12. The lowest BCUT2D eigenvalue weighted by atomic mass is 10.0. The van der Waals surface area contributed by atoms with E-state index in [1.165, 1.54) is 0 Å². The number of hydrogen-bond acceptors (Lipinski definition) is 2. The predicted molar refractivity (Wildman–Crippen MR) is 77.0 cm³/mol. The molecule has 0 aliphatic carbocycles. The van der Waals surface area contributed by atoms with Gasteiger partial charge in [-0.2, -0.15) is 0 Å². The highest BCUT2D eigenvalue weighted by atomic mass is 28.3. The fourth-order valence-electron chi connectivity index (χ4n) is 1.39. The zero-order valence-electron chi connectivity index (χ0n) is 11.2. The van der Waals surface area contributed by atoms with Gasteiger partial charge in [-0.3, -0.25) is 0 Å². The maximum atomic E-state index is 10.1. The molecule has 0 radical (unpaired) electrons. The third kappa shape index (κ3) is 3.96. The molecule has 1 aromatic carbocycles. The molecule has 0 aliphatic heterocycles. The van der Waals surface area contributed by atoms with Gasteiger partial charge in [-0.25, -0.2) is 0 Å². The number of ether oxygens (including phenoxy) is 1. The van der Waals surface area contributed by atoms with E-state index in [1.54, 1.807) is 25.3 Å². The van der Waals surface area contributed by atoms with Crippen LogP contribution in [0.3, 0.4) is 0 Å². The van der Waals surface area contributed by atoms with Crippen LogP contribution in [-0.2, 0) is 0 Å². The molecule has 0 bridgehead atoms. The van der Waals surface area contributed by atoms with Crippen molar-refractivity contribution < 1.29 is 9.84 Å². The first-order valence-corrected chi connectivity index (χ1v) is 9.22. The minimum atomic E-state index is -1.50. The van der Waals surface area contributed by atoms with Crippen molar-refractivity contribution in [3.63, 3.8) is 0 Å². The molecular weight excluding hydrogens is 240 g/mol. The second kappa shape index (κ2) is 5.77. The van der Waals surface area contributed by atoms with Crippen LogP contribution in [0.1, 0.15) is 17.2 Å². The average molecular weight is 258 g/mol. The summed E-state index contributed by atoms with van der Waals surface area (Å²) >= 11 is 0. The topological polar surface area (TPSA) is 29.5 Å². The van der Waals surface area contributed by atoms with Gasteiger partial charge in [0.2, 0.25) is 0 Å². The number of benzene rings is 1. The number of hydrogen-bond donors (Lipinski definition) is 1. The number of aliphatic hydroxyl groups excluding tert-OH is 1. The fourth-order valence-corrected chi connectivity index (χ4v) is 1.96. The SMILES string of the molecule is C#Cc1cc(OC)ccc1C(O)C#C[Si](C)(C)C. The zero-order chi connectivity index (χ0) is 13.8. The van der Waals surface area contributed by atoms with Crippen LogP contribution in [0, 0.1) is 23.8 Å². The molecular formula is C15H18O2Si. The third-order valence-corrected chi connectivity index (χ3v) is 3.19. The van der Waals surface area contributed by atoms with E-state index < -0.39 is 14.2 Å². The largest absolute Gasteiger partial charge is 0.497 e. The molecule has 1 rings (SSSR count). The van der Waals surface area contributed by atoms with Gasteiger partial charge in [-0.1, -0.05) is 37.5 Å². The molecule has 18 heavy (non-hydrogen) atoms. The Labute approximate surface area is 110 Å². The predicted octanol–water partition coefficient (Wildman–Crippen LogP) is 2.59. The van der Waals surface area contributed by atoms with Gasteiger partial charge in [0.1, 0.15) is 19.9 Å². The summed E-state index contributed by atoms with van der Waals surface area (Å²) in [7, 11) is 0.0844. The van der Waals surface area contributed by atoms with Gasteiger partial charge in [0.05, 0.1) is 7.11 Å². The molecule has 0 amide bonds. The van der Waals surface area contributed by atoms with Crippen LogP contribution in [0.15, 0.2) is 18.2 Å². The Balaban J connectivity index is 3.09. The van der Waals surface area contributed by atoms with Crippen LogP contribution in [0.25, 0.3) is 0 Å². The monoisotopic (exact) mass is 258 g/mol. The van der Waals surface area contributed by atoms with Crippen LogP contribution in [0.4, 0.5) is 0 Å². The van der Waals surface area contributed by atoms with E-state index in [9.17, 15) is 5.11 Å². The molecule has 1 atom stereocenters. The Morgan fingerprint density at radius 1 is 1.33 bits per heavy atom. The van der Waals surface area contributed by atoms with Gasteiger partial charge >= 0.3 is 0 Å². The second-order valence-corrected chi connectivity index (χ2v) is 9.77. The average Bonchev–Trinajstić information content (AvgIpc) is 2.34. The van der Waals surface area contributed by atoms with Gasteiger partial charge < -0.3 is 9.84 Å². The Morgan fingerprint density at radius 2 is 2.00 bits per heavy atom.